The van der Waals surface area contributed by atoms with Crippen LogP contribution in [0.15, 0.2) is 73.2 Å². The van der Waals surface area contributed by atoms with Gasteiger partial charge in [0, 0.05) is 55.7 Å². The average Bonchev–Trinajstić information content (AvgIpc) is 3.71. The summed E-state index contributed by atoms with van der Waals surface area (Å²) in [4.78, 5) is 30.6. The highest BCUT2D eigenvalue weighted by molar-refractivity contribution is 6.04. The number of hydrazine groups is 1. The molecule has 38 heavy (non-hydrogen) atoms. The van der Waals surface area contributed by atoms with E-state index in [0.29, 0.717) is 30.2 Å². The van der Waals surface area contributed by atoms with Crippen molar-refractivity contribution in [2.75, 3.05) is 25.6 Å². The zero-order valence-electron chi connectivity index (χ0n) is 21.3. The number of carbonyl (C=O) groups is 2. The van der Waals surface area contributed by atoms with Crippen LogP contribution in [0.25, 0.3) is 16.8 Å². The molecule has 0 bridgehead atoms. The molecular weight excluding hydrogens is 482 g/mol. The van der Waals surface area contributed by atoms with Gasteiger partial charge in [0.15, 0.2) is 0 Å². The molecule has 0 spiro atoms. The second-order valence-corrected chi connectivity index (χ2v) is 9.26. The van der Waals surface area contributed by atoms with Crippen molar-refractivity contribution in [3.05, 3.63) is 84.4 Å². The topological polar surface area (TPSA) is 117 Å². The van der Waals surface area contributed by atoms with Crippen molar-refractivity contribution in [1.82, 2.24) is 30.2 Å². The maximum atomic E-state index is 13.2. The van der Waals surface area contributed by atoms with Gasteiger partial charge in [-0.05, 0) is 42.7 Å². The normalized spacial score (nSPS) is 15.4. The van der Waals surface area contributed by atoms with Crippen molar-refractivity contribution in [3.8, 4) is 16.8 Å². The van der Waals surface area contributed by atoms with Gasteiger partial charge in [0.2, 0.25) is 11.9 Å². The Bertz CT molecular complexity index is 1370. The molecule has 10 heteroatoms. The van der Waals surface area contributed by atoms with Crippen LogP contribution in [-0.2, 0) is 16.0 Å². The van der Waals surface area contributed by atoms with Crippen LogP contribution < -0.4 is 10.7 Å². The number of imidazole rings is 1. The number of anilines is 1. The van der Waals surface area contributed by atoms with E-state index in [1.54, 1.807) is 25.6 Å². The molecule has 0 aliphatic carbocycles. The molecule has 10 nitrogen and oxygen atoms in total. The number of H-pyrrole nitrogens is 1. The Morgan fingerprint density at radius 3 is 2.79 bits per heavy atom. The maximum Gasteiger partial charge on any atom is 0.258 e. The van der Waals surface area contributed by atoms with Crippen LogP contribution >= 0.6 is 0 Å². The molecule has 1 saturated heterocycles. The van der Waals surface area contributed by atoms with Crippen molar-refractivity contribution in [3.63, 3.8) is 0 Å². The fourth-order valence-electron chi connectivity index (χ4n) is 4.65. The highest BCUT2D eigenvalue weighted by Crippen LogP contribution is 2.22. The lowest BCUT2D eigenvalue weighted by Crippen LogP contribution is -2.46. The Morgan fingerprint density at radius 1 is 1.13 bits per heavy atom. The van der Waals surface area contributed by atoms with Crippen LogP contribution in [0, 0.1) is 0 Å². The summed E-state index contributed by atoms with van der Waals surface area (Å²) in [5.41, 5.74) is 6.86. The predicted molar refractivity (Wildman–Crippen MR) is 144 cm³/mol. The molecule has 1 aliphatic rings. The first-order valence-electron chi connectivity index (χ1n) is 12.7. The van der Waals surface area contributed by atoms with Crippen molar-refractivity contribution in [2.24, 2.45) is 0 Å². The summed E-state index contributed by atoms with van der Waals surface area (Å²) in [6.07, 6.45) is 8.11. The summed E-state index contributed by atoms with van der Waals surface area (Å²) in [6, 6.07) is 17.2. The smallest absolute Gasteiger partial charge is 0.258 e. The molecule has 2 aromatic carbocycles. The van der Waals surface area contributed by atoms with Crippen LogP contribution in [0.3, 0.4) is 0 Å². The van der Waals surface area contributed by atoms with Gasteiger partial charge in [-0.15, -0.1) is 0 Å². The third kappa shape index (κ3) is 5.99. The standard InChI is InChI=1S/C28H31N7O3/c1-38-19-25-11-6-14-35(25)33-26(36)13-12-23-18-34(24-9-3-2-4-10-24)28(31-23)32-27(37)21-8-5-7-20(15-21)22-16-29-30-17-22/h2-5,7-10,15-18,25H,6,11-14,19H2,1H3,(H,29,30)(H,33,36)(H,31,32,37). The zero-order chi connectivity index (χ0) is 26.3. The lowest BCUT2D eigenvalue weighted by Gasteiger charge is -2.24. The zero-order valence-corrected chi connectivity index (χ0v) is 21.3. The molecule has 1 unspecified atom stereocenters. The summed E-state index contributed by atoms with van der Waals surface area (Å²) in [5.74, 6) is 0.0505. The summed E-state index contributed by atoms with van der Waals surface area (Å²) < 4.78 is 7.10. The number of aryl methyl sites for hydroxylation is 1. The van der Waals surface area contributed by atoms with E-state index in [4.69, 9.17) is 4.74 Å². The van der Waals surface area contributed by atoms with Crippen LogP contribution in [0.1, 0.15) is 35.3 Å². The van der Waals surface area contributed by atoms with Gasteiger partial charge in [-0.3, -0.25) is 30.0 Å². The quantitative estimate of drug-likeness (QED) is 0.298. The van der Waals surface area contributed by atoms with E-state index < -0.39 is 0 Å². The van der Waals surface area contributed by atoms with E-state index in [-0.39, 0.29) is 24.3 Å². The Hall–Kier alpha value is -4.28. The van der Waals surface area contributed by atoms with E-state index in [0.717, 1.165) is 36.2 Å². The van der Waals surface area contributed by atoms with Crippen LogP contribution in [-0.4, -0.2) is 62.9 Å². The van der Waals surface area contributed by atoms with Crippen molar-refractivity contribution in [2.45, 2.75) is 31.7 Å². The van der Waals surface area contributed by atoms with E-state index in [9.17, 15) is 9.59 Å². The van der Waals surface area contributed by atoms with Gasteiger partial charge in [0.1, 0.15) is 0 Å². The summed E-state index contributed by atoms with van der Waals surface area (Å²) in [6.45, 7) is 1.41. The van der Waals surface area contributed by atoms with Crippen molar-refractivity contribution < 1.29 is 14.3 Å². The van der Waals surface area contributed by atoms with E-state index >= 15 is 0 Å². The molecule has 5 rings (SSSR count). The predicted octanol–water partition coefficient (Wildman–Crippen LogP) is 3.59. The average molecular weight is 514 g/mol. The number of ether oxygens (including phenoxy) is 1. The number of aromatic amines is 1. The molecule has 2 aromatic heterocycles. The minimum atomic E-state index is -0.277. The SMILES string of the molecule is COCC1CCCN1NC(=O)CCc1cn(-c2ccccc2)c(NC(=O)c2cccc(-c3cn[nH]c3)c2)n1. The fourth-order valence-corrected chi connectivity index (χ4v) is 4.65. The summed E-state index contributed by atoms with van der Waals surface area (Å²) >= 11 is 0. The maximum absolute atomic E-state index is 13.2. The molecule has 3 heterocycles. The number of aromatic nitrogens is 4. The Labute approximate surface area is 221 Å². The number of nitrogens with zero attached hydrogens (tertiary/aromatic N) is 4. The second-order valence-electron chi connectivity index (χ2n) is 9.26. The van der Waals surface area contributed by atoms with Gasteiger partial charge in [-0.2, -0.15) is 5.10 Å². The minimum Gasteiger partial charge on any atom is -0.383 e. The number of carbonyl (C=O) groups excluding carboxylic acids is 2. The largest absolute Gasteiger partial charge is 0.383 e. The fraction of sp³-hybridized carbons (Fsp3) is 0.286. The number of hydrogen-bond donors (Lipinski definition) is 3. The number of methoxy groups -OCH3 is 1. The van der Waals surface area contributed by atoms with Crippen LogP contribution in [0.2, 0.25) is 0 Å². The molecule has 196 valence electrons. The minimum absolute atomic E-state index is 0.0658. The lowest BCUT2D eigenvalue weighted by atomic mass is 10.1. The molecule has 1 aliphatic heterocycles. The van der Waals surface area contributed by atoms with Gasteiger partial charge < -0.3 is 4.74 Å². The van der Waals surface area contributed by atoms with Crippen molar-refractivity contribution in [1.29, 1.82) is 0 Å². The van der Waals surface area contributed by atoms with Gasteiger partial charge in [0.05, 0.1) is 24.5 Å². The number of rotatable bonds is 10. The van der Waals surface area contributed by atoms with E-state index in [2.05, 4.69) is 25.9 Å². The molecular formula is C28H31N7O3. The van der Waals surface area contributed by atoms with Crippen LogP contribution in [0.4, 0.5) is 5.95 Å². The Kier molecular flexibility index (Phi) is 7.91. The van der Waals surface area contributed by atoms with Gasteiger partial charge in [-0.1, -0.05) is 30.3 Å². The number of amides is 2. The van der Waals surface area contributed by atoms with Gasteiger partial charge >= 0.3 is 0 Å². The van der Waals surface area contributed by atoms with Gasteiger partial charge in [-0.25, -0.2) is 9.99 Å². The van der Waals surface area contributed by atoms with E-state index in [1.165, 1.54) is 0 Å². The number of para-hydroxylation sites is 1. The number of nitrogens with one attached hydrogen (secondary N) is 3. The highest BCUT2D eigenvalue weighted by Gasteiger charge is 2.25. The Balaban J connectivity index is 1.30. The third-order valence-electron chi connectivity index (χ3n) is 6.58. The highest BCUT2D eigenvalue weighted by atomic mass is 16.5. The first-order chi connectivity index (χ1) is 18.6. The van der Waals surface area contributed by atoms with Crippen LogP contribution in [0.5, 0.6) is 0 Å². The number of hydrogen-bond acceptors (Lipinski definition) is 6. The summed E-state index contributed by atoms with van der Waals surface area (Å²) in [5, 5.41) is 11.7. The molecule has 3 N–H and O–H groups in total. The second kappa shape index (κ2) is 11.8. The monoisotopic (exact) mass is 513 g/mol. The summed E-state index contributed by atoms with van der Waals surface area (Å²) in [7, 11) is 1.67. The van der Waals surface area contributed by atoms with E-state index in [1.807, 2.05) is 64.3 Å². The number of benzene rings is 2. The third-order valence-corrected chi connectivity index (χ3v) is 6.58. The lowest BCUT2D eigenvalue weighted by molar-refractivity contribution is -0.126. The molecule has 1 atom stereocenters. The first-order valence-corrected chi connectivity index (χ1v) is 12.7. The molecule has 0 radical (unpaired) electrons. The molecule has 0 saturated carbocycles. The first kappa shape index (κ1) is 25.4. The van der Waals surface area contributed by atoms with Gasteiger partial charge in [0.25, 0.3) is 5.91 Å². The Morgan fingerprint density at radius 2 is 2.00 bits per heavy atom. The molecule has 2 amide bonds. The van der Waals surface area contributed by atoms with Crippen molar-refractivity contribution >= 4 is 17.8 Å². The molecule has 1 fully saturated rings. The molecule has 4 aromatic rings.